The van der Waals surface area contributed by atoms with Gasteiger partial charge in [-0.1, -0.05) is 13.8 Å². The molecule has 0 amide bonds. The lowest BCUT2D eigenvalue weighted by atomic mass is 9.85. The Morgan fingerprint density at radius 3 is 2.60 bits per heavy atom. The quantitative estimate of drug-likeness (QED) is 0.867. The van der Waals surface area contributed by atoms with Crippen molar-refractivity contribution in [1.82, 2.24) is 4.31 Å². The highest BCUT2D eigenvalue weighted by molar-refractivity contribution is 7.89. The summed E-state index contributed by atoms with van der Waals surface area (Å²) in [6.07, 6.45) is 1.93. The van der Waals surface area contributed by atoms with Crippen LogP contribution in [0.25, 0.3) is 0 Å². The molecule has 1 aromatic carbocycles. The average Bonchev–Trinajstić information content (AvgIpc) is 2.37. The third-order valence-corrected chi connectivity index (χ3v) is 5.55. The summed E-state index contributed by atoms with van der Waals surface area (Å²) in [5, 5.41) is 0. The molecular weight excluding hydrogens is 276 g/mol. The molecule has 0 saturated carbocycles. The van der Waals surface area contributed by atoms with Crippen LogP contribution in [-0.2, 0) is 10.0 Å². The largest absolute Gasteiger partial charge is 0.495 e. The van der Waals surface area contributed by atoms with Crippen molar-refractivity contribution in [1.29, 1.82) is 0 Å². The zero-order valence-electron chi connectivity index (χ0n) is 12.2. The number of nitrogen functional groups attached to an aromatic ring is 1. The Hall–Kier alpha value is -1.27. The lowest BCUT2D eigenvalue weighted by Gasteiger charge is -2.37. The van der Waals surface area contributed by atoms with E-state index in [1.54, 1.807) is 16.4 Å². The molecule has 1 aromatic rings. The number of benzene rings is 1. The van der Waals surface area contributed by atoms with Crippen molar-refractivity contribution in [3.8, 4) is 5.75 Å². The molecule has 0 unspecified atom stereocenters. The SMILES string of the molecule is COc1ccc(S(=O)(=O)N2CCCC(C)(C)C2)cc1N. The van der Waals surface area contributed by atoms with Crippen molar-refractivity contribution < 1.29 is 13.2 Å². The molecule has 0 bridgehead atoms. The number of piperidine rings is 1. The minimum atomic E-state index is -3.48. The summed E-state index contributed by atoms with van der Waals surface area (Å²) in [6.45, 7) is 5.30. The Bertz CT molecular complexity index is 596. The van der Waals surface area contributed by atoms with E-state index in [9.17, 15) is 8.42 Å². The van der Waals surface area contributed by atoms with Gasteiger partial charge in [0.1, 0.15) is 5.75 Å². The van der Waals surface area contributed by atoms with Crippen molar-refractivity contribution >= 4 is 15.7 Å². The first-order valence-corrected chi connectivity index (χ1v) is 8.14. The molecule has 2 N–H and O–H groups in total. The number of methoxy groups -OCH3 is 1. The van der Waals surface area contributed by atoms with Gasteiger partial charge in [0.05, 0.1) is 17.7 Å². The highest BCUT2D eigenvalue weighted by atomic mass is 32.2. The zero-order valence-corrected chi connectivity index (χ0v) is 13.0. The average molecular weight is 298 g/mol. The molecule has 1 heterocycles. The van der Waals surface area contributed by atoms with E-state index in [0.29, 0.717) is 24.5 Å². The van der Waals surface area contributed by atoms with Gasteiger partial charge >= 0.3 is 0 Å². The van der Waals surface area contributed by atoms with Crippen molar-refractivity contribution in [2.75, 3.05) is 25.9 Å². The third kappa shape index (κ3) is 2.91. The second kappa shape index (κ2) is 5.26. The second-order valence-electron chi connectivity index (χ2n) is 6.01. The molecular formula is C14H22N2O3S. The molecule has 1 fully saturated rings. The van der Waals surface area contributed by atoms with Gasteiger partial charge in [0.25, 0.3) is 0 Å². The summed E-state index contributed by atoms with van der Waals surface area (Å²) in [7, 11) is -1.98. The fraction of sp³-hybridized carbons (Fsp3) is 0.571. The van der Waals surface area contributed by atoms with Gasteiger partial charge in [0, 0.05) is 13.1 Å². The molecule has 1 saturated heterocycles. The zero-order chi connectivity index (χ0) is 15.0. The van der Waals surface area contributed by atoms with Gasteiger partial charge in [-0.15, -0.1) is 0 Å². The highest BCUT2D eigenvalue weighted by Gasteiger charge is 2.34. The van der Waals surface area contributed by atoms with E-state index in [0.717, 1.165) is 12.8 Å². The molecule has 0 aliphatic carbocycles. The summed E-state index contributed by atoms with van der Waals surface area (Å²) in [5.74, 6) is 0.489. The predicted molar refractivity (Wildman–Crippen MR) is 79.2 cm³/mol. The molecule has 0 spiro atoms. The molecule has 20 heavy (non-hydrogen) atoms. The van der Waals surface area contributed by atoms with Crippen molar-refractivity contribution in [3.63, 3.8) is 0 Å². The molecule has 5 nitrogen and oxygen atoms in total. The van der Waals surface area contributed by atoms with Gasteiger partial charge in [-0.3, -0.25) is 0 Å². The molecule has 1 aliphatic heterocycles. The number of hydrogen-bond donors (Lipinski definition) is 1. The molecule has 0 aromatic heterocycles. The Morgan fingerprint density at radius 2 is 2.05 bits per heavy atom. The van der Waals surface area contributed by atoms with Crippen molar-refractivity contribution in [2.45, 2.75) is 31.6 Å². The Morgan fingerprint density at radius 1 is 1.35 bits per heavy atom. The maximum absolute atomic E-state index is 12.7. The van der Waals surface area contributed by atoms with Crippen LogP contribution in [0, 0.1) is 5.41 Å². The number of rotatable bonds is 3. The second-order valence-corrected chi connectivity index (χ2v) is 7.95. The van der Waals surface area contributed by atoms with E-state index in [4.69, 9.17) is 10.5 Å². The number of ether oxygens (including phenoxy) is 1. The van der Waals surface area contributed by atoms with Crippen LogP contribution in [0.15, 0.2) is 23.1 Å². The maximum Gasteiger partial charge on any atom is 0.243 e. The van der Waals surface area contributed by atoms with Crippen LogP contribution in [-0.4, -0.2) is 32.9 Å². The summed E-state index contributed by atoms with van der Waals surface area (Å²) in [6, 6.07) is 4.61. The number of anilines is 1. The lowest BCUT2D eigenvalue weighted by Crippen LogP contribution is -2.43. The topological polar surface area (TPSA) is 72.6 Å². The first-order chi connectivity index (χ1) is 9.26. The van der Waals surface area contributed by atoms with Crippen LogP contribution in [0.3, 0.4) is 0 Å². The van der Waals surface area contributed by atoms with Crippen LogP contribution >= 0.6 is 0 Å². The van der Waals surface area contributed by atoms with Gasteiger partial charge in [-0.2, -0.15) is 4.31 Å². The standard InChI is InChI=1S/C14H22N2O3S/c1-14(2)7-4-8-16(10-14)20(17,18)11-5-6-13(19-3)12(15)9-11/h5-6,9H,4,7-8,10,15H2,1-3H3. The van der Waals surface area contributed by atoms with Gasteiger partial charge in [0.15, 0.2) is 0 Å². The highest BCUT2D eigenvalue weighted by Crippen LogP contribution is 2.33. The smallest absolute Gasteiger partial charge is 0.243 e. The minimum Gasteiger partial charge on any atom is -0.495 e. The third-order valence-electron chi connectivity index (χ3n) is 3.70. The van der Waals surface area contributed by atoms with Gasteiger partial charge in [-0.25, -0.2) is 8.42 Å². The Labute approximate surface area is 120 Å². The first kappa shape index (κ1) is 15.1. The van der Waals surface area contributed by atoms with Crippen LogP contribution < -0.4 is 10.5 Å². The van der Waals surface area contributed by atoms with Gasteiger partial charge < -0.3 is 10.5 Å². The lowest BCUT2D eigenvalue weighted by molar-refractivity contribution is 0.187. The fourth-order valence-corrected chi connectivity index (χ4v) is 4.30. The number of sulfonamides is 1. The Balaban J connectivity index is 2.33. The van der Waals surface area contributed by atoms with Crippen LogP contribution in [0.5, 0.6) is 5.75 Å². The van der Waals surface area contributed by atoms with Crippen molar-refractivity contribution in [3.05, 3.63) is 18.2 Å². The molecule has 1 aliphatic rings. The fourth-order valence-electron chi connectivity index (χ4n) is 2.60. The Kier molecular flexibility index (Phi) is 3.97. The summed E-state index contributed by atoms with van der Waals surface area (Å²) >= 11 is 0. The van der Waals surface area contributed by atoms with E-state index in [1.165, 1.54) is 13.2 Å². The normalized spacial score (nSPS) is 19.8. The first-order valence-electron chi connectivity index (χ1n) is 6.70. The van der Waals surface area contributed by atoms with Crippen molar-refractivity contribution in [2.24, 2.45) is 5.41 Å². The number of nitrogens with two attached hydrogens (primary N) is 1. The van der Waals surface area contributed by atoms with Gasteiger partial charge in [-0.05, 0) is 36.5 Å². The summed E-state index contributed by atoms with van der Waals surface area (Å²) < 4.78 is 31.9. The van der Waals surface area contributed by atoms with E-state index >= 15 is 0 Å². The maximum atomic E-state index is 12.7. The monoisotopic (exact) mass is 298 g/mol. The summed E-state index contributed by atoms with van der Waals surface area (Å²) in [5.41, 5.74) is 6.16. The number of nitrogens with zero attached hydrogens (tertiary/aromatic N) is 1. The van der Waals surface area contributed by atoms with Crippen LogP contribution in [0.1, 0.15) is 26.7 Å². The number of hydrogen-bond acceptors (Lipinski definition) is 4. The van der Waals surface area contributed by atoms with E-state index in [-0.39, 0.29) is 10.3 Å². The molecule has 2 rings (SSSR count). The molecule has 112 valence electrons. The van der Waals surface area contributed by atoms with E-state index < -0.39 is 10.0 Å². The molecule has 0 atom stereocenters. The van der Waals surface area contributed by atoms with E-state index in [1.807, 2.05) is 0 Å². The molecule has 0 radical (unpaired) electrons. The van der Waals surface area contributed by atoms with Crippen LogP contribution in [0.2, 0.25) is 0 Å². The molecule has 6 heteroatoms. The van der Waals surface area contributed by atoms with E-state index in [2.05, 4.69) is 13.8 Å². The van der Waals surface area contributed by atoms with Gasteiger partial charge in [0.2, 0.25) is 10.0 Å². The predicted octanol–water partition coefficient (Wildman–Crippen LogP) is 2.09. The van der Waals surface area contributed by atoms with Crippen LogP contribution in [0.4, 0.5) is 5.69 Å². The minimum absolute atomic E-state index is 0.0172. The summed E-state index contributed by atoms with van der Waals surface area (Å²) in [4.78, 5) is 0.230.